The first-order chi connectivity index (χ1) is 11.4. The van der Waals surface area contributed by atoms with Crippen molar-refractivity contribution in [2.75, 3.05) is 6.61 Å². The van der Waals surface area contributed by atoms with E-state index < -0.39 is 5.60 Å². The van der Waals surface area contributed by atoms with E-state index in [4.69, 9.17) is 4.74 Å². The first kappa shape index (κ1) is 17.0. The number of fused-ring (bicyclic) bond motifs is 1. The lowest BCUT2D eigenvalue weighted by Gasteiger charge is -2.32. The lowest BCUT2D eigenvalue weighted by molar-refractivity contribution is -0.150. The SMILES string of the molecule is CCc1[nH]c2c(CNC(=O)[C@@]3(C)CCCCO3)cc(F)cc2c1C. The maximum Gasteiger partial charge on any atom is 0.252 e. The molecule has 1 aliphatic heterocycles. The number of hydrogen-bond donors (Lipinski definition) is 2. The topological polar surface area (TPSA) is 54.1 Å². The van der Waals surface area contributed by atoms with Gasteiger partial charge in [0.15, 0.2) is 0 Å². The van der Waals surface area contributed by atoms with E-state index in [0.717, 1.165) is 53.4 Å². The molecule has 5 heteroatoms. The fourth-order valence-electron chi connectivity index (χ4n) is 3.48. The van der Waals surface area contributed by atoms with Gasteiger partial charge in [0, 0.05) is 24.2 Å². The van der Waals surface area contributed by atoms with E-state index in [0.29, 0.717) is 6.61 Å². The standard InChI is InChI=1S/C19H25FN2O2/c1-4-16-12(2)15-10-14(20)9-13(17(15)22-16)11-21-18(23)19(3)7-5-6-8-24-19/h9-10,22H,4-8,11H2,1-3H3,(H,21,23)/t19-/m1/s1. The molecule has 0 spiro atoms. The van der Waals surface area contributed by atoms with Crippen LogP contribution >= 0.6 is 0 Å². The Kier molecular flexibility index (Phi) is 4.63. The number of benzene rings is 1. The van der Waals surface area contributed by atoms with Crippen molar-refractivity contribution in [2.45, 2.75) is 58.6 Å². The van der Waals surface area contributed by atoms with Crippen molar-refractivity contribution in [2.24, 2.45) is 0 Å². The highest BCUT2D eigenvalue weighted by Gasteiger charge is 2.35. The van der Waals surface area contributed by atoms with E-state index >= 15 is 0 Å². The minimum absolute atomic E-state index is 0.126. The third-order valence-electron chi connectivity index (χ3n) is 5.06. The minimum atomic E-state index is -0.773. The van der Waals surface area contributed by atoms with Crippen molar-refractivity contribution in [3.05, 3.63) is 34.8 Å². The lowest BCUT2D eigenvalue weighted by atomic mass is 9.95. The number of H-pyrrole nitrogens is 1. The molecule has 1 aromatic carbocycles. The Bertz CT molecular complexity index is 760. The molecule has 1 aromatic heterocycles. The summed E-state index contributed by atoms with van der Waals surface area (Å²) < 4.78 is 19.7. The molecule has 130 valence electrons. The summed E-state index contributed by atoms with van der Waals surface area (Å²) in [6.07, 6.45) is 3.57. The second-order valence-electron chi connectivity index (χ2n) is 6.79. The number of rotatable bonds is 4. The van der Waals surface area contributed by atoms with E-state index in [-0.39, 0.29) is 18.3 Å². The highest BCUT2D eigenvalue weighted by Crippen LogP contribution is 2.28. The fraction of sp³-hybridized carbons (Fsp3) is 0.526. The Morgan fingerprint density at radius 1 is 1.42 bits per heavy atom. The molecule has 1 fully saturated rings. The molecule has 0 bridgehead atoms. The Hall–Kier alpha value is -1.88. The summed E-state index contributed by atoms with van der Waals surface area (Å²) in [5.41, 5.74) is 3.07. The molecular weight excluding hydrogens is 307 g/mol. The molecule has 2 aromatic rings. The van der Waals surface area contributed by atoms with Gasteiger partial charge < -0.3 is 15.0 Å². The highest BCUT2D eigenvalue weighted by atomic mass is 19.1. The van der Waals surface area contributed by atoms with Crippen LogP contribution in [0.15, 0.2) is 12.1 Å². The van der Waals surface area contributed by atoms with E-state index in [1.807, 2.05) is 13.8 Å². The monoisotopic (exact) mass is 332 g/mol. The molecule has 2 heterocycles. The zero-order valence-corrected chi connectivity index (χ0v) is 14.6. The number of aromatic amines is 1. The third kappa shape index (κ3) is 3.05. The maximum absolute atomic E-state index is 14.0. The summed E-state index contributed by atoms with van der Waals surface area (Å²) >= 11 is 0. The minimum Gasteiger partial charge on any atom is -0.365 e. The van der Waals surface area contributed by atoms with E-state index in [2.05, 4.69) is 17.2 Å². The highest BCUT2D eigenvalue weighted by molar-refractivity contribution is 5.88. The van der Waals surface area contributed by atoms with Crippen molar-refractivity contribution < 1.29 is 13.9 Å². The van der Waals surface area contributed by atoms with Gasteiger partial charge >= 0.3 is 0 Å². The molecule has 0 radical (unpaired) electrons. The average Bonchev–Trinajstić information content (AvgIpc) is 2.89. The Morgan fingerprint density at radius 3 is 2.88 bits per heavy atom. The van der Waals surface area contributed by atoms with Gasteiger partial charge in [-0.25, -0.2) is 4.39 Å². The molecule has 1 atom stereocenters. The van der Waals surface area contributed by atoms with Crippen LogP contribution in [0.1, 0.15) is 49.9 Å². The van der Waals surface area contributed by atoms with Crippen molar-refractivity contribution in [1.29, 1.82) is 0 Å². The Balaban J connectivity index is 1.83. The van der Waals surface area contributed by atoms with Crippen LogP contribution in [-0.4, -0.2) is 23.1 Å². The summed E-state index contributed by atoms with van der Waals surface area (Å²) in [5.74, 6) is -0.407. The van der Waals surface area contributed by atoms with Crippen LogP contribution in [0.2, 0.25) is 0 Å². The number of aryl methyl sites for hydroxylation is 2. The molecule has 2 N–H and O–H groups in total. The van der Waals surface area contributed by atoms with E-state index in [1.54, 1.807) is 6.07 Å². The van der Waals surface area contributed by atoms with E-state index in [9.17, 15) is 9.18 Å². The largest absolute Gasteiger partial charge is 0.365 e. The number of ether oxygens (including phenoxy) is 1. The van der Waals surface area contributed by atoms with Gasteiger partial charge in [-0.3, -0.25) is 4.79 Å². The first-order valence-electron chi connectivity index (χ1n) is 8.66. The number of aromatic nitrogens is 1. The normalized spacial score (nSPS) is 21.2. The van der Waals surface area contributed by atoms with Gasteiger partial charge in [0.25, 0.3) is 5.91 Å². The van der Waals surface area contributed by atoms with Crippen LogP contribution in [0, 0.1) is 12.7 Å². The third-order valence-corrected chi connectivity index (χ3v) is 5.06. The maximum atomic E-state index is 14.0. The average molecular weight is 332 g/mol. The number of halogens is 1. The van der Waals surface area contributed by atoms with Gasteiger partial charge in [-0.05, 0) is 62.8 Å². The quantitative estimate of drug-likeness (QED) is 0.896. The molecule has 0 saturated carbocycles. The summed E-state index contributed by atoms with van der Waals surface area (Å²) in [5, 5.41) is 3.81. The number of carbonyl (C=O) groups is 1. The van der Waals surface area contributed by atoms with Gasteiger partial charge in [0.2, 0.25) is 0 Å². The molecule has 0 unspecified atom stereocenters. The van der Waals surface area contributed by atoms with Crippen molar-refractivity contribution in [3.63, 3.8) is 0 Å². The van der Waals surface area contributed by atoms with Crippen molar-refractivity contribution >= 4 is 16.8 Å². The summed E-state index contributed by atoms with van der Waals surface area (Å²) in [4.78, 5) is 15.9. The predicted octanol–water partition coefficient (Wildman–Crippen LogP) is 3.75. The molecule has 24 heavy (non-hydrogen) atoms. The van der Waals surface area contributed by atoms with Gasteiger partial charge in [-0.15, -0.1) is 0 Å². The predicted molar refractivity (Wildman–Crippen MR) is 92.4 cm³/mol. The van der Waals surface area contributed by atoms with Crippen molar-refractivity contribution in [3.8, 4) is 0 Å². The van der Waals surface area contributed by atoms with Crippen molar-refractivity contribution in [1.82, 2.24) is 10.3 Å². The lowest BCUT2D eigenvalue weighted by Crippen LogP contribution is -2.48. The molecule has 1 saturated heterocycles. The van der Waals surface area contributed by atoms with Crippen LogP contribution in [-0.2, 0) is 22.5 Å². The molecule has 1 amide bonds. The van der Waals surface area contributed by atoms with Gasteiger partial charge in [0.05, 0.1) is 5.52 Å². The summed E-state index contributed by atoms with van der Waals surface area (Å²) in [7, 11) is 0. The molecule has 3 rings (SSSR count). The number of nitrogens with one attached hydrogen (secondary N) is 2. The number of amides is 1. The van der Waals surface area contributed by atoms with Crippen LogP contribution in [0.25, 0.3) is 10.9 Å². The molecule has 1 aliphatic rings. The number of carbonyl (C=O) groups excluding carboxylic acids is 1. The molecular formula is C19H25FN2O2. The van der Waals surface area contributed by atoms with Gasteiger partial charge in [-0.2, -0.15) is 0 Å². The van der Waals surface area contributed by atoms with Gasteiger partial charge in [-0.1, -0.05) is 6.92 Å². The van der Waals surface area contributed by atoms with Crippen LogP contribution < -0.4 is 5.32 Å². The second-order valence-corrected chi connectivity index (χ2v) is 6.79. The Labute approximate surface area is 141 Å². The van der Waals surface area contributed by atoms with Gasteiger partial charge in [0.1, 0.15) is 11.4 Å². The summed E-state index contributed by atoms with van der Waals surface area (Å²) in [6.45, 7) is 6.79. The molecule has 4 nitrogen and oxygen atoms in total. The van der Waals surface area contributed by atoms with Crippen LogP contribution in [0.5, 0.6) is 0 Å². The second kappa shape index (κ2) is 6.55. The Morgan fingerprint density at radius 2 is 2.21 bits per heavy atom. The zero-order valence-electron chi connectivity index (χ0n) is 14.6. The number of hydrogen-bond acceptors (Lipinski definition) is 2. The fourth-order valence-corrected chi connectivity index (χ4v) is 3.48. The zero-order chi connectivity index (χ0) is 17.3. The molecule has 0 aliphatic carbocycles. The van der Waals surface area contributed by atoms with Crippen LogP contribution in [0.3, 0.4) is 0 Å². The van der Waals surface area contributed by atoms with Crippen LogP contribution in [0.4, 0.5) is 4.39 Å². The van der Waals surface area contributed by atoms with E-state index in [1.165, 1.54) is 6.07 Å². The summed E-state index contributed by atoms with van der Waals surface area (Å²) in [6, 6.07) is 3.04. The first-order valence-corrected chi connectivity index (χ1v) is 8.66. The smallest absolute Gasteiger partial charge is 0.252 e.